The van der Waals surface area contributed by atoms with E-state index < -0.39 is 10.1 Å². The summed E-state index contributed by atoms with van der Waals surface area (Å²) in [7, 11) is -4.37. The summed E-state index contributed by atoms with van der Waals surface area (Å²) in [6, 6.07) is 6.65. The molecule has 0 bridgehead atoms. The Kier molecular flexibility index (Phi) is 42.8. The Balaban J connectivity index is 0.0000281. The van der Waals surface area contributed by atoms with Gasteiger partial charge in [-0.25, -0.2) is 8.42 Å². The summed E-state index contributed by atoms with van der Waals surface area (Å²) in [5, 5.41) is 0. The minimum atomic E-state index is -4.37. The van der Waals surface area contributed by atoms with E-state index in [0.29, 0.717) is 12.0 Å². The molecule has 0 saturated heterocycles. The largest absolute Gasteiger partial charge is 1.00 e. The fraction of sp³-hybridized carbons (Fsp3) is 0.878. The molecule has 0 fully saturated rings. The first-order valence-corrected chi connectivity index (χ1v) is 25.5. The van der Waals surface area contributed by atoms with Crippen LogP contribution in [0.2, 0.25) is 0 Å². The molecule has 0 unspecified atom stereocenters. The van der Waals surface area contributed by atoms with Gasteiger partial charge >= 0.3 is 29.6 Å². The van der Waals surface area contributed by atoms with Crippen LogP contribution in [0.5, 0.6) is 0 Å². The van der Waals surface area contributed by atoms with Gasteiger partial charge in [0.05, 0.1) is 4.90 Å². The molecule has 312 valence electrons. The van der Waals surface area contributed by atoms with E-state index in [-0.39, 0.29) is 34.5 Å². The Bertz CT molecular complexity index is 981. The van der Waals surface area contributed by atoms with Gasteiger partial charge in [0, 0.05) is 0 Å². The van der Waals surface area contributed by atoms with Crippen molar-refractivity contribution in [1.82, 2.24) is 0 Å². The third-order valence-electron chi connectivity index (χ3n) is 11.8. The van der Waals surface area contributed by atoms with E-state index in [1.165, 1.54) is 256 Å². The normalized spacial score (nSPS) is 11.7. The fourth-order valence-corrected chi connectivity index (χ4v) is 8.97. The smallest absolute Gasteiger partial charge is 0.744 e. The van der Waals surface area contributed by atoms with Gasteiger partial charge in [-0.1, -0.05) is 282 Å². The van der Waals surface area contributed by atoms with Gasteiger partial charge in [-0.3, -0.25) is 0 Å². The standard InChI is InChI=1S/C49H92O3S.Na/c1-2-3-4-5-6-7-8-9-10-11-12-13-14-15-16-17-18-19-20-21-22-23-24-25-26-27-28-29-30-31-32-33-34-35-36-37-38-39-40-41-42-45-48-46-43-44-47-49(48)53(50,51)52;/h43-44,46-47H,2-42,45H2,1H3,(H,50,51,52);/q;+1/p-1. The zero-order valence-corrected chi connectivity index (χ0v) is 39.5. The predicted molar refractivity (Wildman–Crippen MR) is 233 cm³/mol. The van der Waals surface area contributed by atoms with Gasteiger partial charge in [-0.05, 0) is 24.5 Å². The molecule has 0 heterocycles. The van der Waals surface area contributed by atoms with Crippen molar-refractivity contribution >= 4 is 10.1 Å². The number of rotatable bonds is 43. The number of unbranched alkanes of at least 4 members (excludes halogenated alkanes) is 40. The van der Waals surface area contributed by atoms with Crippen molar-refractivity contribution in [3.05, 3.63) is 29.8 Å². The summed E-state index contributed by atoms with van der Waals surface area (Å²) in [4.78, 5) is -0.0399. The SMILES string of the molecule is CCCCCCCCCCCCCCCCCCCCCCCCCCCCCCCCCCCCCCCCCCCc1ccccc1S(=O)(=O)[O-].[Na+]. The van der Waals surface area contributed by atoms with Crippen molar-refractivity contribution in [2.75, 3.05) is 0 Å². The van der Waals surface area contributed by atoms with E-state index in [4.69, 9.17) is 0 Å². The first-order valence-electron chi connectivity index (χ1n) is 24.1. The maximum atomic E-state index is 11.4. The van der Waals surface area contributed by atoms with Crippen LogP contribution < -0.4 is 29.6 Å². The average molecular weight is 783 g/mol. The Morgan fingerprint density at radius 2 is 0.556 bits per heavy atom. The summed E-state index contributed by atoms with van der Waals surface area (Å²) < 4.78 is 34.2. The van der Waals surface area contributed by atoms with Gasteiger partial charge in [-0.2, -0.15) is 0 Å². The quantitative estimate of drug-likeness (QED) is 0.0377. The van der Waals surface area contributed by atoms with Crippen LogP contribution in [0.25, 0.3) is 0 Å². The van der Waals surface area contributed by atoms with Crippen LogP contribution in [0, 0.1) is 0 Å². The molecule has 0 spiro atoms. The molecule has 5 heteroatoms. The van der Waals surface area contributed by atoms with Crippen LogP contribution in [0.4, 0.5) is 0 Å². The second-order valence-corrected chi connectivity index (χ2v) is 18.3. The zero-order valence-electron chi connectivity index (χ0n) is 36.6. The number of aryl methyl sites for hydroxylation is 1. The summed E-state index contributed by atoms with van der Waals surface area (Å²) in [6.45, 7) is 2.31. The first-order chi connectivity index (χ1) is 26.1. The molecule has 0 N–H and O–H groups in total. The van der Waals surface area contributed by atoms with Crippen LogP contribution >= 0.6 is 0 Å². The molecule has 3 nitrogen and oxygen atoms in total. The molecule has 54 heavy (non-hydrogen) atoms. The second kappa shape index (κ2) is 42.7. The minimum Gasteiger partial charge on any atom is -0.744 e. The third-order valence-corrected chi connectivity index (χ3v) is 12.7. The van der Waals surface area contributed by atoms with Crippen molar-refractivity contribution in [3.8, 4) is 0 Å². The first kappa shape index (κ1) is 54.1. The van der Waals surface area contributed by atoms with Crippen molar-refractivity contribution in [2.45, 2.75) is 281 Å². The van der Waals surface area contributed by atoms with E-state index in [1.807, 2.05) is 6.07 Å². The van der Waals surface area contributed by atoms with Crippen molar-refractivity contribution in [2.24, 2.45) is 0 Å². The van der Waals surface area contributed by atoms with E-state index in [2.05, 4.69) is 6.92 Å². The molecule has 1 rings (SSSR count). The maximum absolute atomic E-state index is 11.4. The van der Waals surface area contributed by atoms with Gasteiger partial charge in [-0.15, -0.1) is 0 Å². The zero-order chi connectivity index (χ0) is 38.2. The van der Waals surface area contributed by atoms with Gasteiger partial charge in [0.1, 0.15) is 10.1 Å². The molecule has 0 aliphatic carbocycles. The average Bonchev–Trinajstić information content (AvgIpc) is 3.15. The Labute approximate surface area is 361 Å². The van der Waals surface area contributed by atoms with Gasteiger partial charge in [0.25, 0.3) is 0 Å². The Hall–Kier alpha value is 0.130. The van der Waals surface area contributed by atoms with E-state index in [1.54, 1.807) is 12.1 Å². The van der Waals surface area contributed by atoms with Gasteiger partial charge in [0.15, 0.2) is 0 Å². The Morgan fingerprint density at radius 3 is 0.778 bits per heavy atom. The fourth-order valence-electron chi connectivity index (χ4n) is 8.24. The summed E-state index contributed by atoms with van der Waals surface area (Å²) in [5.41, 5.74) is 0.675. The monoisotopic (exact) mass is 783 g/mol. The molecule has 0 radical (unpaired) electrons. The van der Waals surface area contributed by atoms with Crippen LogP contribution in [-0.4, -0.2) is 13.0 Å². The Morgan fingerprint density at radius 1 is 0.352 bits per heavy atom. The van der Waals surface area contributed by atoms with Gasteiger partial charge < -0.3 is 4.55 Å². The molecular formula is C49H91NaO3S. The summed E-state index contributed by atoms with van der Waals surface area (Å²) in [5.74, 6) is 0. The molecular weight excluding hydrogens is 692 g/mol. The number of hydrogen-bond acceptors (Lipinski definition) is 3. The minimum absolute atomic E-state index is 0. The number of benzene rings is 1. The molecule has 0 aliphatic rings. The molecule has 0 saturated carbocycles. The van der Waals surface area contributed by atoms with Crippen LogP contribution in [0.3, 0.4) is 0 Å². The molecule has 1 aromatic rings. The van der Waals surface area contributed by atoms with Crippen molar-refractivity contribution < 1.29 is 42.5 Å². The summed E-state index contributed by atoms with van der Waals surface area (Å²) >= 11 is 0. The van der Waals surface area contributed by atoms with Crippen LogP contribution in [0.1, 0.15) is 276 Å². The molecule has 1 aromatic carbocycles. The van der Waals surface area contributed by atoms with Crippen molar-refractivity contribution in [1.29, 1.82) is 0 Å². The second-order valence-electron chi connectivity index (χ2n) is 17.0. The topological polar surface area (TPSA) is 57.2 Å². The summed E-state index contributed by atoms with van der Waals surface area (Å²) in [6.07, 6.45) is 58.8. The maximum Gasteiger partial charge on any atom is 1.00 e. The molecule has 0 atom stereocenters. The van der Waals surface area contributed by atoms with Crippen LogP contribution in [0.15, 0.2) is 29.2 Å². The molecule has 0 aliphatic heterocycles. The third kappa shape index (κ3) is 37.7. The number of hydrogen-bond donors (Lipinski definition) is 0. The molecule has 0 aromatic heterocycles. The van der Waals surface area contributed by atoms with Crippen LogP contribution in [-0.2, 0) is 16.5 Å². The van der Waals surface area contributed by atoms with E-state index in [9.17, 15) is 13.0 Å². The van der Waals surface area contributed by atoms with Crippen molar-refractivity contribution in [3.63, 3.8) is 0 Å². The van der Waals surface area contributed by atoms with Gasteiger partial charge in [0.2, 0.25) is 0 Å². The van der Waals surface area contributed by atoms with E-state index >= 15 is 0 Å². The molecule has 0 amide bonds. The van der Waals surface area contributed by atoms with E-state index in [0.717, 1.165) is 12.8 Å². The predicted octanol–water partition coefficient (Wildman–Crippen LogP) is 14.2.